The maximum atomic E-state index is 14.5. The van der Waals surface area contributed by atoms with Gasteiger partial charge in [0.2, 0.25) is 11.8 Å². The molecule has 0 aliphatic carbocycles. The van der Waals surface area contributed by atoms with Gasteiger partial charge in [-0.1, -0.05) is 97.4 Å². The van der Waals surface area contributed by atoms with E-state index in [1.807, 2.05) is 74.5 Å². The number of aryl methyl sites for hydroxylation is 1. The number of hydrogen-bond donors (Lipinski definition) is 1. The first kappa shape index (κ1) is 32.8. The van der Waals surface area contributed by atoms with Gasteiger partial charge < -0.3 is 10.2 Å². The summed E-state index contributed by atoms with van der Waals surface area (Å²) in [5, 5.41) is 3.50. The van der Waals surface area contributed by atoms with Crippen LogP contribution in [0.15, 0.2) is 114 Å². The zero-order valence-corrected chi connectivity index (χ0v) is 26.8. The average molecular weight is 632 g/mol. The first-order valence-electron chi connectivity index (χ1n) is 14.6. The molecule has 4 rings (SSSR count). The van der Waals surface area contributed by atoms with Crippen molar-refractivity contribution >= 4 is 39.1 Å². The summed E-state index contributed by atoms with van der Waals surface area (Å²) in [4.78, 5) is 29.9. The molecule has 0 saturated carbocycles. The first-order valence-corrected chi connectivity index (χ1v) is 16.4. The molecule has 2 atom stereocenters. The minimum atomic E-state index is -4.18. The number of hydrogen-bond acceptors (Lipinski definition) is 4. The van der Waals surface area contributed by atoms with Crippen LogP contribution < -0.4 is 9.62 Å². The van der Waals surface area contributed by atoms with Gasteiger partial charge in [0, 0.05) is 24.0 Å². The summed E-state index contributed by atoms with van der Waals surface area (Å²) in [7, 11) is -4.18. The molecule has 4 aromatic rings. The number of nitrogens with one attached hydrogen (secondary N) is 1. The molecular weight excluding hydrogens is 594 g/mol. The number of sulfonamides is 1. The van der Waals surface area contributed by atoms with Crippen LogP contribution in [0.2, 0.25) is 5.02 Å². The number of amides is 2. The van der Waals surface area contributed by atoms with Crippen LogP contribution in [0.25, 0.3) is 0 Å². The predicted molar refractivity (Wildman–Crippen MR) is 176 cm³/mol. The van der Waals surface area contributed by atoms with Crippen LogP contribution in [0.3, 0.4) is 0 Å². The SMILES string of the molecule is CC[C@@H](C)NC(=O)[C@@H](Cc1ccccc1)N(Cc1ccccc1)C(=O)CN(c1ccc(Cl)cc1C)S(=O)(=O)c1ccccc1. The van der Waals surface area contributed by atoms with Gasteiger partial charge in [-0.3, -0.25) is 13.9 Å². The Balaban J connectivity index is 1.81. The fourth-order valence-corrected chi connectivity index (χ4v) is 6.63. The van der Waals surface area contributed by atoms with E-state index in [1.165, 1.54) is 17.0 Å². The smallest absolute Gasteiger partial charge is 0.264 e. The van der Waals surface area contributed by atoms with Gasteiger partial charge in [-0.25, -0.2) is 8.42 Å². The van der Waals surface area contributed by atoms with Gasteiger partial charge in [0.05, 0.1) is 10.6 Å². The van der Waals surface area contributed by atoms with Gasteiger partial charge >= 0.3 is 0 Å². The van der Waals surface area contributed by atoms with Crippen LogP contribution in [0.5, 0.6) is 0 Å². The Morgan fingerprint density at radius 3 is 1.98 bits per heavy atom. The third kappa shape index (κ3) is 8.27. The molecule has 0 unspecified atom stereocenters. The van der Waals surface area contributed by atoms with E-state index < -0.39 is 28.5 Å². The van der Waals surface area contributed by atoms with Crippen molar-refractivity contribution in [3.8, 4) is 0 Å². The zero-order valence-electron chi connectivity index (χ0n) is 25.2. The summed E-state index contributed by atoms with van der Waals surface area (Å²) < 4.78 is 29.3. The number of halogens is 1. The van der Waals surface area contributed by atoms with Crippen LogP contribution in [0.4, 0.5) is 5.69 Å². The number of benzene rings is 4. The van der Waals surface area contributed by atoms with Gasteiger partial charge in [-0.15, -0.1) is 0 Å². The van der Waals surface area contributed by atoms with Crippen molar-refractivity contribution in [2.24, 2.45) is 0 Å². The highest BCUT2D eigenvalue weighted by Crippen LogP contribution is 2.29. The molecule has 7 nitrogen and oxygen atoms in total. The summed E-state index contributed by atoms with van der Waals surface area (Å²) in [6, 6.07) is 30.7. The lowest BCUT2D eigenvalue weighted by Gasteiger charge is -2.34. The maximum Gasteiger partial charge on any atom is 0.264 e. The Bertz CT molecular complexity index is 1650. The molecule has 1 N–H and O–H groups in total. The Labute approximate surface area is 265 Å². The third-order valence-electron chi connectivity index (χ3n) is 7.51. The second kappa shape index (κ2) is 15.0. The molecule has 0 spiro atoms. The molecule has 9 heteroatoms. The van der Waals surface area contributed by atoms with Crippen LogP contribution in [-0.4, -0.2) is 43.8 Å². The maximum absolute atomic E-state index is 14.5. The fourth-order valence-electron chi connectivity index (χ4n) is 4.91. The van der Waals surface area contributed by atoms with E-state index >= 15 is 0 Å². The highest BCUT2D eigenvalue weighted by atomic mass is 35.5. The highest BCUT2D eigenvalue weighted by molar-refractivity contribution is 7.92. The van der Waals surface area contributed by atoms with Crippen LogP contribution >= 0.6 is 11.6 Å². The van der Waals surface area contributed by atoms with E-state index in [9.17, 15) is 18.0 Å². The number of carbonyl (C=O) groups is 2. The fraction of sp³-hybridized carbons (Fsp3) is 0.257. The second-order valence-electron chi connectivity index (χ2n) is 10.8. The van der Waals surface area contributed by atoms with Crippen molar-refractivity contribution in [1.29, 1.82) is 0 Å². The summed E-state index contributed by atoms with van der Waals surface area (Å²) in [6.07, 6.45) is 0.975. The minimum Gasteiger partial charge on any atom is -0.352 e. The Hall–Kier alpha value is -4.14. The van der Waals surface area contributed by atoms with E-state index in [0.717, 1.165) is 21.9 Å². The highest BCUT2D eigenvalue weighted by Gasteiger charge is 2.35. The monoisotopic (exact) mass is 631 g/mol. The van der Waals surface area contributed by atoms with Gasteiger partial charge in [0.15, 0.2) is 0 Å². The largest absolute Gasteiger partial charge is 0.352 e. The molecule has 0 radical (unpaired) electrons. The first-order chi connectivity index (χ1) is 21.1. The van der Waals surface area contributed by atoms with Gasteiger partial charge in [0.25, 0.3) is 10.0 Å². The summed E-state index contributed by atoms with van der Waals surface area (Å²) >= 11 is 6.22. The van der Waals surface area contributed by atoms with Crippen LogP contribution in [0, 0.1) is 6.92 Å². The molecule has 4 aromatic carbocycles. The van der Waals surface area contributed by atoms with E-state index in [4.69, 9.17) is 11.6 Å². The molecule has 0 bridgehead atoms. The minimum absolute atomic E-state index is 0.0482. The van der Waals surface area contributed by atoms with Crippen LogP contribution in [-0.2, 0) is 32.6 Å². The number of carbonyl (C=O) groups excluding carboxylic acids is 2. The molecule has 0 aromatic heterocycles. The molecular formula is C35H38ClN3O4S. The Kier molecular flexibility index (Phi) is 11.2. The Morgan fingerprint density at radius 2 is 1.41 bits per heavy atom. The molecule has 230 valence electrons. The lowest BCUT2D eigenvalue weighted by atomic mass is 10.0. The van der Waals surface area contributed by atoms with E-state index in [0.29, 0.717) is 16.3 Å². The lowest BCUT2D eigenvalue weighted by Crippen LogP contribution is -2.54. The van der Waals surface area contributed by atoms with Gasteiger partial charge in [0.1, 0.15) is 12.6 Å². The van der Waals surface area contributed by atoms with Crippen molar-refractivity contribution in [2.45, 2.75) is 57.1 Å². The normalized spacial score (nSPS) is 12.6. The standard InChI is InChI=1S/C35H38ClN3O4S/c1-4-27(3)37-35(41)33(23-28-14-8-5-9-15-28)38(24-29-16-10-6-11-17-29)34(40)25-39(32-21-20-30(36)22-26(32)2)44(42,43)31-18-12-7-13-19-31/h5-22,27,33H,4,23-25H2,1-3H3,(H,37,41)/t27-,33-/m1/s1. The second-order valence-corrected chi connectivity index (χ2v) is 13.1. The summed E-state index contributed by atoms with van der Waals surface area (Å²) in [5.41, 5.74) is 2.62. The van der Waals surface area contributed by atoms with Gasteiger partial charge in [-0.2, -0.15) is 0 Å². The van der Waals surface area contributed by atoms with E-state index in [2.05, 4.69) is 5.32 Å². The number of nitrogens with zero attached hydrogens (tertiary/aromatic N) is 2. The van der Waals surface area contributed by atoms with Gasteiger partial charge in [-0.05, 0) is 67.3 Å². The van der Waals surface area contributed by atoms with E-state index in [1.54, 1.807) is 43.3 Å². The van der Waals surface area contributed by atoms with Crippen molar-refractivity contribution in [2.75, 3.05) is 10.8 Å². The van der Waals surface area contributed by atoms with Crippen molar-refractivity contribution < 1.29 is 18.0 Å². The molecule has 0 heterocycles. The van der Waals surface area contributed by atoms with Crippen molar-refractivity contribution in [1.82, 2.24) is 10.2 Å². The summed E-state index contributed by atoms with van der Waals surface area (Å²) in [5.74, 6) is -0.810. The predicted octanol–water partition coefficient (Wildman–Crippen LogP) is 6.40. The third-order valence-corrected chi connectivity index (χ3v) is 9.51. The molecule has 0 fully saturated rings. The van der Waals surface area contributed by atoms with Crippen molar-refractivity contribution in [3.05, 3.63) is 131 Å². The molecule has 0 saturated heterocycles. The molecule has 0 aliphatic heterocycles. The summed E-state index contributed by atoms with van der Waals surface area (Å²) in [6.45, 7) is 5.24. The average Bonchev–Trinajstić information content (AvgIpc) is 3.03. The zero-order chi connectivity index (χ0) is 31.7. The van der Waals surface area contributed by atoms with E-state index in [-0.39, 0.29) is 29.8 Å². The van der Waals surface area contributed by atoms with Crippen molar-refractivity contribution in [3.63, 3.8) is 0 Å². The molecule has 2 amide bonds. The topological polar surface area (TPSA) is 86.8 Å². The van der Waals surface area contributed by atoms with Crippen LogP contribution in [0.1, 0.15) is 37.0 Å². The number of rotatable bonds is 13. The Morgan fingerprint density at radius 1 is 0.841 bits per heavy atom. The molecule has 0 aliphatic rings. The number of anilines is 1. The molecule has 44 heavy (non-hydrogen) atoms. The quantitative estimate of drug-likeness (QED) is 0.185. The lowest BCUT2D eigenvalue weighted by molar-refractivity contribution is -0.140.